The van der Waals surface area contributed by atoms with Gasteiger partial charge in [-0.3, -0.25) is 9.48 Å². The van der Waals surface area contributed by atoms with Crippen LogP contribution in [0.15, 0.2) is 91.3 Å². The zero-order chi connectivity index (χ0) is 23.0. The second-order valence-corrected chi connectivity index (χ2v) is 7.66. The van der Waals surface area contributed by atoms with Crippen LogP contribution in [0, 0.1) is 0 Å². The van der Waals surface area contributed by atoms with Crippen molar-refractivity contribution in [3.05, 3.63) is 114 Å². The molecule has 33 heavy (non-hydrogen) atoms. The summed E-state index contributed by atoms with van der Waals surface area (Å²) in [5.41, 5.74) is 10.9. The molecule has 3 amide bonds. The molecule has 0 bridgehead atoms. The molecule has 0 spiro atoms. The minimum Gasteiger partial charge on any atom is -0.352 e. The fraction of sp³-hybridized carbons (Fsp3) is 0.115. The number of nitrogens with zero attached hydrogens (tertiary/aromatic N) is 2. The van der Waals surface area contributed by atoms with Crippen LogP contribution < -0.4 is 16.4 Å². The number of amides is 3. The Kier molecular flexibility index (Phi) is 6.80. The maximum atomic E-state index is 12.6. The number of carbonyl (C=O) groups is 2. The number of aromatic nitrogens is 2. The van der Waals surface area contributed by atoms with Crippen LogP contribution in [0.2, 0.25) is 0 Å². The van der Waals surface area contributed by atoms with Crippen LogP contribution in [0.5, 0.6) is 0 Å². The van der Waals surface area contributed by atoms with E-state index in [4.69, 9.17) is 5.73 Å². The predicted molar refractivity (Wildman–Crippen MR) is 127 cm³/mol. The van der Waals surface area contributed by atoms with Gasteiger partial charge in [0.1, 0.15) is 0 Å². The Labute approximate surface area is 192 Å². The summed E-state index contributed by atoms with van der Waals surface area (Å²) in [5, 5.41) is 9.77. The van der Waals surface area contributed by atoms with Crippen molar-refractivity contribution in [2.24, 2.45) is 5.73 Å². The fourth-order valence-corrected chi connectivity index (χ4v) is 3.57. The molecule has 4 aromatic rings. The lowest BCUT2D eigenvalue weighted by Gasteiger charge is -2.12. The molecule has 0 aliphatic rings. The first-order valence-corrected chi connectivity index (χ1v) is 10.6. The summed E-state index contributed by atoms with van der Waals surface area (Å²) >= 11 is 0. The molecule has 0 saturated carbocycles. The Morgan fingerprint density at radius 2 is 1.55 bits per heavy atom. The van der Waals surface area contributed by atoms with E-state index in [0.29, 0.717) is 18.7 Å². The lowest BCUT2D eigenvalue weighted by atomic mass is 9.98. The number of nitrogens with one attached hydrogen (secondary N) is 2. The summed E-state index contributed by atoms with van der Waals surface area (Å²) < 4.78 is 1.89. The van der Waals surface area contributed by atoms with Gasteiger partial charge < -0.3 is 16.4 Å². The van der Waals surface area contributed by atoms with Gasteiger partial charge in [-0.1, -0.05) is 60.7 Å². The molecule has 0 atom stereocenters. The van der Waals surface area contributed by atoms with Gasteiger partial charge in [0.05, 0.1) is 6.54 Å². The quantitative estimate of drug-likeness (QED) is 0.390. The van der Waals surface area contributed by atoms with Gasteiger partial charge in [0.2, 0.25) is 0 Å². The Morgan fingerprint density at radius 3 is 2.24 bits per heavy atom. The molecule has 1 heterocycles. The van der Waals surface area contributed by atoms with Crippen LogP contribution >= 0.6 is 0 Å². The lowest BCUT2D eigenvalue weighted by Crippen LogP contribution is -2.28. The number of nitrogens with two attached hydrogens (primary N) is 1. The van der Waals surface area contributed by atoms with Gasteiger partial charge in [-0.25, -0.2) is 4.79 Å². The first-order chi connectivity index (χ1) is 16.1. The Balaban J connectivity index is 1.40. The summed E-state index contributed by atoms with van der Waals surface area (Å²) in [6.07, 6.45) is 3.71. The monoisotopic (exact) mass is 439 g/mol. The molecule has 1 aromatic heterocycles. The average Bonchev–Trinajstić information content (AvgIpc) is 3.35. The van der Waals surface area contributed by atoms with Crippen LogP contribution in [-0.2, 0) is 19.6 Å². The zero-order valence-corrected chi connectivity index (χ0v) is 18.1. The van der Waals surface area contributed by atoms with E-state index in [-0.39, 0.29) is 5.91 Å². The SMILES string of the molecule is NC(=O)NCc1ccc(C(=O)NCc2ccccc2-c2ccc(Cn3cccn3)cc2)cc1. The number of primary amides is 1. The van der Waals surface area contributed by atoms with E-state index in [1.54, 1.807) is 30.5 Å². The second-order valence-electron chi connectivity index (χ2n) is 7.66. The van der Waals surface area contributed by atoms with Gasteiger partial charge in [-0.2, -0.15) is 5.10 Å². The molecule has 0 saturated heterocycles. The van der Waals surface area contributed by atoms with Gasteiger partial charge in [0.15, 0.2) is 0 Å². The highest BCUT2D eigenvalue weighted by molar-refractivity contribution is 5.94. The summed E-state index contributed by atoms with van der Waals surface area (Å²) in [4.78, 5) is 23.5. The maximum absolute atomic E-state index is 12.6. The Morgan fingerprint density at radius 1 is 0.818 bits per heavy atom. The highest BCUT2D eigenvalue weighted by Gasteiger charge is 2.09. The third-order valence-electron chi connectivity index (χ3n) is 5.31. The Bertz CT molecular complexity index is 1220. The van der Waals surface area contributed by atoms with Crippen molar-refractivity contribution in [3.8, 4) is 11.1 Å². The largest absolute Gasteiger partial charge is 0.352 e. The van der Waals surface area contributed by atoms with E-state index in [1.807, 2.05) is 35.1 Å². The molecule has 4 rings (SSSR count). The normalized spacial score (nSPS) is 10.5. The van der Waals surface area contributed by atoms with Gasteiger partial charge >= 0.3 is 6.03 Å². The molecule has 166 valence electrons. The predicted octanol–water partition coefficient (Wildman–Crippen LogP) is 3.70. The van der Waals surface area contributed by atoms with E-state index in [1.165, 1.54) is 5.56 Å². The molecule has 0 fully saturated rings. The van der Waals surface area contributed by atoms with E-state index < -0.39 is 6.03 Å². The second kappa shape index (κ2) is 10.3. The number of hydrogen-bond acceptors (Lipinski definition) is 3. The van der Waals surface area contributed by atoms with Crippen LogP contribution in [0.25, 0.3) is 11.1 Å². The number of benzene rings is 3. The number of hydrogen-bond donors (Lipinski definition) is 3. The first kappa shape index (κ1) is 21.8. The maximum Gasteiger partial charge on any atom is 0.312 e. The van der Waals surface area contributed by atoms with Crippen molar-refractivity contribution < 1.29 is 9.59 Å². The molecule has 4 N–H and O–H groups in total. The average molecular weight is 440 g/mol. The third-order valence-corrected chi connectivity index (χ3v) is 5.31. The first-order valence-electron chi connectivity index (χ1n) is 10.6. The van der Waals surface area contributed by atoms with Crippen LogP contribution in [0.1, 0.15) is 27.0 Å². The van der Waals surface area contributed by atoms with E-state index in [2.05, 4.69) is 46.1 Å². The van der Waals surface area contributed by atoms with Gasteiger partial charge in [-0.15, -0.1) is 0 Å². The van der Waals surface area contributed by atoms with Crippen LogP contribution in [0.3, 0.4) is 0 Å². The molecule has 0 aliphatic carbocycles. The molecule has 0 aliphatic heterocycles. The zero-order valence-electron chi connectivity index (χ0n) is 18.1. The molecular formula is C26H25N5O2. The van der Waals surface area contributed by atoms with Crippen LogP contribution in [-0.4, -0.2) is 21.7 Å². The summed E-state index contributed by atoms with van der Waals surface area (Å²) in [7, 11) is 0. The third kappa shape index (κ3) is 5.86. The Hall–Kier alpha value is -4.39. The van der Waals surface area contributed by atoms with E-state index in [9.17, 15) is 9.59 Å². The molecule has 0 radical (unpaired) electrons. The highest BCUT2D eigenvalue weighted by atomic mass is 16.2. The van der Waals surface area contributed by atoms with Crippen molar-refractivity contribution in [1.29, 1.82) is 0 Å². The summed E-state index contributed by atoms with van der Waals surface area (Å²) in [5.74, 6) is -0.159. The number of carbonyl (C=O) groups excluding carboxylic acids is 2. The summed E-state index contributed by atoms with van der Waals surface area (Å²) in [6, 6.07) is 24.8. The highest BCUT2D eigenvalue weighted by Crippen LogP contribution is 2.24. The van der Waals surface area contributed by atoms with Crippen molar-refractivity contribution in [2.45, 2.75) is 19.6 Å². The molecule has 0 unspecified atom stereocenters. The molecule has 3 aromatic carbocycles. The van der Waals surface area contributed by atoms with Crippen molar-refractivity contribution in [3.63, 3.8) is 0 Å². The van der Waals surface area contributed by atoms with Crippen molar-refractivity contribution in [1.82, 2.24) is 20.4 Å². The minimum atomic E-state index is -0.581. The molecule has 7 heteroatoms. The van der Waals surface area contributed by atoms with Gasteiger partial charge in [0.25, 0.3) is 5.91 Å². The van der Waals surface area contributed by atoms with Gasteiger partial charge in [0, 0.05) is 31.0 Å². The van der Waals surface area contributed by atoms with E-state index >= 15 is 0 Å². The van der Waals surface area contributed by atoms with Crippen molar-refractivity contribution >= 4 is 11.9 Å². The number of rotatable bonds is 8. The molecule has 7 nitrogen and oxygen atoms in total. The minimum absolute atomic E-state index is 0.159. The van der Waals surface area contributed by atoms with Crippen LogP contribution in [0.4, 0.5) is 4.79 Å². The fourth-order valence-electron chi connectivity index (χ4n) is 3.57. The van der Waals surface area contributed by atoms with Crippen molar-refractivity contribution in [2.75, 3.05) is 0 Å². The van der Waals surface area contributed by atoms with E-state index in [0.717, 1.165) is 28.8 Å². The molecular weight excluding hydrogens is 414 g/mol. The lowest BCUT2D eigenvalue weighted by molar-refractivity contribution is 0.0951. The summed E-state index contributed by atoms with van der Waals surface area (Å²) in [6.45, 7) is 1.46. The van der Waals surface area contributed by atoms with Gasteiger partial charge in [-0.05, 0) is 46.0 Å². The topological polar surface area (TPSA) is 102 Å². The number of urea groups is 1. The standard InChI is InChI=1S/C26H25N5O2/c27-26(33)29-16-19-6-12-22(13-7-19)25(32)28-17-23-4-1-2-5-24(23)21-10-8-20(9-11-21)18-31-15-3-14-30-31/h1-15H,16-18H2,(H,28,32)(H3,27,29,33). The smallest absolute Gasteiger partial charge is 0.312 e.